The zero-order valence-electron chi connectivity index (χ0n) is 19.1. The van der Waals surface area contributed by atoms with Crippen LogP contribution < -0.4 is 16.4 Å². The molecule has 1 saturated carbocycles. The van der Waals surface area contributed by atoms with Gasteiger partial charge in [-0.15, -0.1) is 11.3 Å². The molecule has 8 heteroatoms. The Morgan fingerprint density at radius 1 is 1.21 bits per heavy atom. The summed E-state index contributed by atoms with van der Waals surface area (Å²) < 4.78 is 1.67. The van der Waals surface area contributed by atoms with E-state index in [1.165, 1.54) is 12.8 Å². The standard InChI is InChI=1S/C26H28N6OS/c1-17-12-23(32(31-17)22-7-2-4-19(13-22)15-27)25(33)30-21-6-3-5-20(14-21)24(26-28-10-11-34-26)29-16-18-8-9-18/h2-7,10-14,18,24,29H,8-9,15-16,27H2,1H3,(H,30,33). The molecule has 7 nitrogen and oxygen atoms in total. The summed E-state index contributed by atoms with van der Waals surface area (Å²) in [4.78, 5) is 17.8. The van der Waals surface area contributed by atoms with Gasteiger partial charge >= 0.3 is 0 Å². The molecule has 0 saturated heterocycles. The lowest BCUT2D eigenvalue weighted by molar-refractivity contribution is 0.101. The summed E-state index contributed by atoms with van der Waals surface area (Å²) in [6.07, 6.45) is 4.41. The third kappa shape index (κ3) is 5.09. The fourth-order valence-electron chi connectivity index (χ4n) is 4.00. The maximum Gasteiger partial charge on any atom is 0.274 e. The summed E-state index contributed by atoms with van der Waals surface area (Å²) in [6.45, 7) is 3.28. The summed E-state index contributed by atoms with van der Waals surface area (Å²) in [5.74, 6) is 0.541. The average molecular weight is 473 g/mol. The molecule has 0 aliphatic heterocycles. The van der Waals surface area contributed by atoms with E-state index in [4.69, 9.17) is 5.73 Å². The van der Waals surface area contributed by atoms with Crippen molar-refractivity contribution in [3.05, 3.63) is 93.7 Å². The molecule has 34 heavy (non-hydrogen) atoms. The smallest absolute Gasteiger partial charge is 0.274 e. The van der Waals surface area contributed by atoms with Gasteiger partial charge in [0.2, 0.25) is 0 Å². The van der Waals surface area contributed by atoms with Crippen molar-refractivity contribution in [3.63, 3.8) is 0 Å². The third-order valence-corrected chi connectivity index (χ3v) is 6.78. The Hall–Kier alpha value is -3.33. The van der Waals surface area contributed by atoms with Crippen molar-refractivity contribution in [2.45, 2.75) is 32.4 Å². The Morgan fingerprint density at radius 2 is 2.06 bits per heavy atom. The number of hydrogen-bond donors (Lipinski definition) is 3. The normalized spacial score (nSPS) is 14.2. The van der Waals surface area contributed by atoms with Crippen molar-refractivity contribution in [1.82, 2.24) is 20.1 Å². The van der Waals surface area contributed by atoms with Gasteiger partial charge in [-0.3, -0.25) is 4.79 Å². The summed E-state index contributed by atoms with van der Waals surface area (Å²) in [7, 11) is 0. The summed E-state index contributed by atoms with van der Waals surface area (Å²) >= 11 is 1.64. The molecule has 1 fully saturated rings. The number of thiazole rings is 1. The van der Waals surface area contributed by atoms with Crippen LogP contribution in [-0.2, 0) is 6.54 Å². The van der Waals surface area contributed by atoms with Crippen LogP contribution in [0.25, 0.3) is 5.69 Å². The number of carbonyl (C=O) groups is 1. The molecule has 2 aromatic carbocycles. The summed E-state index contributed by atoms with van der Waals surface area (Å²) in [5.41, 5.74) is 10.6. The molecule has 2 aromatic heterocycles. The lowest BCUT2D eigenvalue weighted by atomic mass is 10.1. The molecule has 1 aliphatic carbocycles. The first-order chi connectivity index (χ1) is 16.6. The fraction of sp³-hybridized carbons (Fsp3) is 0.269. The Labute approximate surface area is 203 Å². The van der Waals surface area contributed by atoms with Gasteiger partial charge in [0, 0.05) is 23.8 Å². The predicted octanol–water partition coefficient (Wildman–Crippen LogP) is 4.44. The van der Waals surface area contributed by atoms with Crippen LogP contribution in [0.15, 0.2) is 66.2 Å². The number of nitrogens with zero attached hydrogens (tertiary/aromatic N) is 3. The van der Waals surface area contributed by atoms with Gasteiger partial charge in [0.05, 0.1) is 17.4 Å². The molecule has 2 heterocycles. The highest BCUT2D eigenvalue weighted by molar-refractivity contribution is 7.09. The van der Waals surface area contributed by atoms with Gasteiger partial charge in [-0.2, -0.15) is 5.10 Å². The van der Waals surface area contributed by atoms with E-state index < -0.39 is 0 Å². The Kier molecular flexibility index (Phi) is 6.53. The maximum absolute atomic E-state index is 13.3. The Bertz CT molecular complexity index is 1280. The molecule has 5 rings (SSSR count). The van der Waals surface area contributed by atoms with E-state index in [1.807, 2.05) is 61.0 Å². The predicted molar refractivity (Wildman–Crippen MR) is 135 cm³/mol. The minimum Gasteiger partial charge on any atom is -0.326 e. The number of carbonyl (C=O) groups excluding carboxylic acids is 1. The van der Waals surface area contributed by atoms with Crippen LogP contribution in [0.5, 0.6) is 0 Å². The highest BCUT2D eigenvalue weighted by Crippen LogP contribution is 2.31. The molecule has 174 valence electrons. The van der Waals surface area contributed by atoms with Crippen molar-refractivity contribution < 1.29 is 4.79 Å². The lowest BCUT2D eigenvalue weighted by Gasteiger charge is -2.18. The van der Waals surface area contributed by atoms with Gasteiger partial charge < -0.3 is 16.4 Å². The van der Waals surface area contributed by atoms with Crippen LogP contribution in [0.3, 0.4) is 0 Å². The first kappa shape index (κ1) is 22.5. The molecule has 4 aromatic rings. The number of amides is 1. The van der Waals surface area contributed by atoms with E-state index >= 15 is 0 Å². The third-order valence-electron chi connectivity index (χ3n) is 5.94. The average Bonchev–Trinajstić information content (AvgIpc) is 3.35. The SMILES string of the molecule is Cc1cc(C(=O)Nc2cccc(C(NCC3CC3)c3nccs3)c2)n(-c2cccc(CN)c2)n1. The molecular formula is C26H28N6OS. The number of nitrogens with one attached hydrogen (secondary N) is 2. The number of aryl methyl sites for hydroxylation is 1. The van der Waals surface area contributed by atoms with Crippen molar-refractivity contribution in [1.29, 1.82) is 0 Å². The zero-order valence-corrected chi connectivity index (χ0v) is 19.9. The van der Waals surface area contributed by atoms with Crippen LogP contribution in [-0.4, -0.2) is 27.2 Å². The molecule has 4 N–H and O–H groups in total. The van der Waals surface area contributed by atoms with E-state index in [9.17, 15) is 4.79 Å². The van der Waals surface area contributed by atoms with E-state index in [-0.39, 0.29) is 11.9 Å². The number of benzene rings is 2. The van der Waals surface area contributed by atoms with Gasteiger partial charge in [0.25, 0.3) is 5.91 Å². The number of rotatable bonds is 9. The molecule has 1 aliphatic rings. The Balaban J connectivity index is 1.39. The monoisotopic (exact) mass is 472 g/mol. The quantitative estimate of drug-likeness (QED) is 0.335. The minimum atomic E-state index is -0.215. The van der Waals surface area contributed by atoms with Gasteiger partial charge in [-0.1, -0.05) is 24.3 Å². The first-order valence-electron chi connectivity index (χ1n) is 11.5. The van der Waals surface area contributed by atoms with E-state index in [2.05, 4.69) is 26.8 Å². The van der Waals surface area contributed by atoms with E-state index in [1.54, 1.807) is 22.1 Å². The molecular weight excluding hydrogens is 444 g/mol. The van der Waals surface area contributed by atoms with Gasteiger partial charge in [0.1, 0.15) is 10.7 Å². The largest absolute Gasteiger partial charge is 0.326 e. The molecule has 0 radical (unpaired) electrons. The minimum absolute atomic E-state index is 0.00391. The second-order valence-electron chi connectivity index (χ2n) is 8.69. The van der Waals surface area contributed by atoms with Crippen molar-refractivity contribution in [2.24, 2.45) is 11.7 Å². The van der Waals surface area contributed by atoms with Gasteiger partial charge in [0.15, 0.2) is 0 Å². The van der Waals surface area contributed by atoms with Crippen LogP contribution in [0, 0.1) is 12.8 Å². The molecule has 1 atom stereocenters. The number of nitrogens with two attached hydrogens (primary N) is 1. The van der Waals surface area contributed by atoms with Crippen molar-refractivity contribution in [2.75, 3.05) is 11.9 Å². The maximum atomic E-state index is 13.3. The summed E-state index contributed by atoms with van der Waals surface area (Å²) in [6, 6.07) is 17.5. The lowest BCUT2D eigenvalue weighted by Crippen LogP contribution is -2.24. The topological polar surface area (TPSA) is 97.9 Å². The highest BCUT2D eigenvalue weighted by atomic mass is 32.1. The fourth-order valence-corrected chi connectivity index (χ4v) is 4.73. The van der Waals surface area contributed by atoms with Gasteiger partial charge in [-0.25, -0.2) is 9.67 Å². The van der Waals surface area contributed by atoms with E-state index in [0.29, 0.717) is 12.2 Å². The van der Waals surface area contributed by atoms with Crippen LogP contribution in [0.1, 0.15) is 51.2 Å². The molecule has 1 amide bonds. The second-order valence-corrected chi connectivity index (χ2v) is 9.62. The van der Waals surface area contributed by atoms with Crippen LogP contribution >= 0.6 is 11.3 Å². The van der Waals surface area contributed by atoms with Crippen LogP contribution in [0.2, 0.25) is 0 Å². The first-order valence-corrected chi connectivity index (χ1v) is 12.4. The van der Waals surface area contributed by atoms with E-state index in [0.717, 1.165) is 45.7 Å². The van der Waals surface area contributed by atoms with Crippen molar-refractivity contribution >= 4 is 22.9 Å². The molecule has 0 bridgehead atoms. The Morgan fingerprint density at radius 3 is 2.82 bits per heavy atom. The van der Waals surface area contributed by atoms with Crippen LogP contribution in [0.4, 0.5) is 5.69 Å². The summed E-state index contributed by atoms with van der Waals surface area (Å²) in [5, 5.41) is 14.3. The zero-order chi connectivity index (χ0) is 23.5. The number of hydrogen-bond acceptors (Lipinski definition) is 6. The number of anilines is 1. The van der Waals surface area contributed by atoms with Gasteiger partial charge in [-0.05, 0) is 73.7 Å². The highest BCUT2D eigenvalue weighted by Gasteiger charge is 2.25. The number of aromatic nitrogens is 3. The molecule has 0 spiro atoms. The second kappa shape index (κ2) is 9.89. The molecule has 1 unspecified atom stereocenters. The van der Waals surface area contributed by atoms with Crippen molar-refractivity contribution in [3.8, 4) is 5.69 Å².